The molecule has 4 fully saturated rings. The zero-order valence-corrected chi connectivity index (χ0v) is 20.6. The summed E-state index contributed by atoms with van der Waals surface area (Å²) < 4.78 is 0. The summed E-state index contributed by atoms with van der Waals surface area (Å²) >= 11 is 0. The molecule has 0 aromatic heterocycles. The van der Waals surface area contributed by atoms with E-state index in [9.17, 15) is 0 Å². The Kier molecular flexibility index (Phi) is 5.47. The summed E-state index contributed by atoms with van der Waals surface area (Å²) in [7, 11) is 6.60. The lowest BCUT2D eigenvalue weighted by molar-refractivity contribution is 0.105. The van der Waals surface area contributed by atoms with Crippen LogP contribution < -0.4 is 0 Å². The van der Waals surface area contributed by atoms with Crippen molar-refractivity contribution < 1.29 is 0 Å². The Morgan fingerprint density at radius 3 is 1.94 bits per heavy atom. The van der Waals surface area contributed by atoms with E-state index in [1.54, 1.807) is 51.4 Å². The van der Waals surface area contributed by atoms with Gasteiger partial charge in [-0.25, -0.2) is 0 Å². The fraction of sp³-hybridized carbons (Fsp3) is 0.933. The van der Waals surface area contributed by atoms with Crippen LogP contribution in [-0.4, -0.2) is 7.85 Å². The van der Waals surface area contributed by atoms with E-state index >= 15 is 0 Å². The van der Waals surface area contributed by atoms with Crippen molar-refractivity contribution in [2.75, 3.05) is 0 Å². The Morgan fingerprint density at radius 1 is 0.677 bits per heavy atom. The van der Waals surface area contributed by atoms with Crippen molar-refractivity contribution in [3.05, 3.63) is 11.1 Å². The van der Waals surface area contributed by atoms with Gasteiger partial charge in [-0.3, -0.25) is 0 Å². The molecule has 0 spiro atoms. The Labute approximate surface area is 194 Å². The smallest absolute Gasteiger partial charge is 0.0685 e. The summed E-state index contributed by atoms with van der Waals surface area (Å²) in [5.41, 5.74) is 4.49. The second-order valence-electron chi connectivity index (χ2n) is 13.9. The van der Waals surface area contributed by atoms with Gasteiger partial charge in [-0.15, -0.1) is 0 Å². The summed E-state index contributed by atoms with van der Waals surface area (Å²) in [6, 6.07) is 0. The minimum Gasteiger partial charge on any atom is -0.0685 e. The highest BCUT2D eigenvalue weighted by Crippen LogP contribution is 2.64. The van der Waals surface area contributed by atoms with Crippen LogP contribution in [0, 0.1) is 46.8 Å². The van der Waals surface area contributed by atoms with Gasteiger partial charge in [0.2, 0.25) is 0 Å². The molecule has 31 heavy (non-hydrogen) atoms. The molecule has 0 aromatic rings. The van der Waals surface area contributed by atoms with Crippen molar-refractivity contribution in [2.45, 2.75) is 128 Å². The summed E-state index contributed by atoms with van der Waals surface area (Å²) in [4.78, 5) is 0. The Hall–Kier alpha value is -0.195. The third-order valence-electron chi connectivity index (χ3n) is 12.1. The molecule has 0 N–H and O–H groups in total. The van der Waals surface area contributed by atoms with Gasteiger partial charge in [0, 0.05) is 0 Å². The molecule has 4 saturated carbocycles. The van der Waals surface area contributed by atoms with Crippen LogP contribution in [0.4, 0.5) is 0 Å². The summed E-state index contributed by atoms with van der Waals surface area (Å²) in [6.07, 6.45) is 25.4. The van der Waals surface area contributed by atoms with Gasteiger partial charge in [-0.2, -0.15) is 0 Å². The van der Waals surface area contributed by atoms with E-state index < -0.39 is 0 Å². The van der Waals surface area contributed by atoms with Crippen molar-refractivity contribution in [1.82, 2.24) is 0 Å². The molecule has 6 rings (SSSR count). The standard InChI is InChI=1S/C30H47B/c1-29(31)15-14-26(19-29)30(2)16-13-24-18-25(17-23-11-12-27(30)28(23)24)22-9-7-21(8-10-22)20-5-3-4-6-20/h20-26H,3-19H2,1-2H3/t21?,22?,23?,24?,25?,26?,29-,30-/m0/s1. The van der Waals surface area contributed by atoms with Crippen LogP contribution in [0.25, 0.3) is 0 Å². The predicted octanol–water partition coefficient (Wildman–Crippen LogP) is 8.66. The van der Waals surface area contributed by atoms with Crippen LogP contribution in [0.1, 0.15) is 123 Å². The molecule has 0 amide bonds. The third-order valence-corrected chi connectivity index (χ3v) is 12.1. The maximum absolute atomic E-state index is 6.60. The normalized spacial score (nSPS) is 50.8. The lowest BCUT2D eigenvalue weighted by atomic mass is 9.56. The minimum atomic E-state index is 0.1000. The fourth-order valence-corrected chi connectivity index (χ4v) is 10.3. The highest BCUT2D eigenvalue weighted by Gasteiger charge is 2.52. The SMILES string of the molecule is [B][C@@]1(C)CCC([C@]2(C)CCC3CC(C4CCC(C5CCCC5)CC4)CC4CCC2=C43)C1. The minimum absolute atomic E-state index is 0.1000. The first-order valence-corrected chi connectivity index (χ1v) is 14.5. The average Bonchev–Trinajstić information content (AvgIpc) is 3.51. The van der Waals surface area contributed by atoms with Crippen LogP contribution in [0.15, 0.2) is 11.1 Å². The summed E-state index contributed by atoms with van der Waals surface area (Å²) in [6.45, 7) is 4.97. The largest absolute Gasteiger partial charge is 0.0742 e. The van der Waals surface area contributed by atoms with Crippen LogP contribution in [-0.2, 0) is 0 Å². The second-order valence-corrected chi connectivity index (χ2v) is 13.9. The zero-order valence-electron chi connectivity index (χ0n) is 20.6. The van der Waals surface area contributed by atoms with Crippen LogP contribution in [0.2, 0.25) is 5.31 Å². The van der Waals surface area contributed by atoms with Gasteiger partial charge in [0.1, 0.15) is 0 Å². The molecule has 170 valence electrons. The van der Waals surface area contributed by atoms with Crippen molar-refractivity contribution in [3.63, 3.8) is 0 Å². The van der Waals surface area contributed by atoms with E-state index in [1.807, 2.05) is 11.1 Å². The van der Waals surface area contributed by atoms with Crippen LogP contribution in [0.3, 0.4) is 0 Å². The molecule has 6 aliphatic rings. The van der Waals surface area contributed by atoms with Crippen molar-refractivity contribution in [3.8, 4) is 0 Å². The molecule has 1 heteroatoms. The van der Waals surface area contributed by atoms with E-state index in [0.29, 0.717) is 5.41 Å². The highest BCUT2D eigenvalue weighted by atomic mass is 14.6. The van der Waals surface area contributed by atoms with Gasteiger partial charge >= 0.3 is 0 Å². The molecular formula is C30H47B. The molecule has 0 aliphatic heterocycles. The molecule has 4 unspecified atom stereocenters. The molecule has 2 radical (unpaired) electrons. The zero-order chi connectivity index (χ0) is 21.2. The molecule has 0 bridgehead atoms. The highest BCUT2D eigenvalue weighted by molar-refractivity contribution is 6.15. The average molecular weight is 419 g/mol. The van der Waals surface area contributed by atoms with Gasteiger partial charge in [0.15, 0.2) is 0 Å². The van der Waals surface area contributed by atoms with E-state index in [0.717, 1.165) is 41.4 Å². The molecule has 0 nitrogen and oxygen atoms in total. The van der Waals surface area contributed by atoms with E-state index in [1.165, 1.54) is 57.8 Å². The Morgan fingerprint density at radius 2 is 1.29 bits per heavy atom. The maximum Gasteiger partial charge on any atom is 0.0742 e. The van der Waals surface area contributed by atoms with Crippen molar-refractivity contribution in [2.24, 2.45) is 46.8 Å². The van der Waals surface area contributed by atoms with Crippen molar-refractivity contribution >= 4 is 7.85 Å². The fourth-order valence-electron chi connectivity index (χ4n) is 10.3. The first-order valence-electron chi connectivity index (χ1n) is 14.5. The molecular weight excluding hydrogens is 371 g/mol. The summed E-state index contributed by atoms with van der Waals surface area (Å²) in [5, 5.41) is 0.1000. The number of allylic oxidation sites excluding steroid dienone is 2. The first kappa shape index (κ1) is 21.3. The van der Waals surface area contributed by atoms with Crippen LogP contribution in [0.5, 0.6) is 0 Å². The van der Waals surface area contributed by atoms with E-state index in [-0.39, 0.29) is 5.31 Å². The first-order chi connectivity index (χ1) is 14.9. The van der Waals surface area contributed by atoms with E-state index in [4.69, 9.17) is 7.85 Å². The van der Waals surface area contributed by atoms with Gasteiger partial charge in [0.05, 0.1) is 7.85 Å². The third kappa shape index (κ3) is 3.71. The lowest BCUT2D eigenvalue weighted by Gasteiger charge is -2.49. The molecule has 0 heterocycles. The second kappa shape index (κ2) is 7.94. The maximum atomic E-state index is 6.60. The molecule has 0 saturated heterocycles. The Balaban J connectivity index is 1.14. The van der Waals surface area contributed by atoms with Gasteiger partial charge in [-0.05, 0) is 117 Å². The summed E-state index contributed by atoms with van der Waals surface area (Å²) in [5.74, 6) is 7.14. The molecule has 0 aromatic carbocycles. The van der Waals surface area contributed by atoms with Crippen LogP contribution >= 0.6 is 0 Å². The number of hydrogen-bond donors (Lipinski definition) is 0. The van der Waals surface area contributed by atoms with E-state index in [2.05, 4.69) is 13.8 Å². The topological polar surface area (TPSA) is 0 Å². The number of hydrogen-bond acceptors (Lipinski definition) is 0. The Bertz CT molecular complexity index is 704. The quantitative estimate of drug-likeness (QED) is 0.318. The predicted molar refractivity (Wildman–Crippen MR) is 132 cm³/mol. The van der Waals surface area contributed by atoms with Gasteiger partial charge in [0.25, 0.3) is 0 Å². The number of rotatable bonds is 3. The van der Waals surface area contributed by atoms with Gasteiger partial charge in [-0.1, -0.05) is 68.8 Å². The van der Waals surface area contributed by atoms with Crippen molar-refractivity contribution in [1.29, 1.82) is 0 Å². The molecule has 6 atom stereocenters. The monoisotopic (exact) mass is 418 g/mol. The molecule has 6 aliphatic carbocycles. The lowest BCUT2D eigenvalue weighted by Crippen LogP contribution is -2.38. The van der Waals surface area contributed by atoms with Gasteiger partial charge < -0.3 is 0 Å².